The third kappa shape index (κ3) is 4.00. The van der Waals surface area contributed by atoms with E-state index in [1.54, 1.807) is 7.05 Å². The van der Waals surface area contributed by atoms with Gasteiger partial charge < -0.3 is 9.64 Å². The molecule has 25 heavy (non-hydrogen) atoms. The number of benzene rings is 2. The molecule has 0 spiro atoms. The highest BCUT2D eigenvalue weighted by atomic mass is 35.5. The van der Waals surface area contributed by atoms with Gasteiger partial charge in [-0.2, -0.15) is 0 Å². The molecule has 0 radical (unpaired) electrons. The fraction of sp³-hybridized carbons (Fsp3) is 0.158. The second-order valence-electron chi connectivity index (χ2n) is 5.55. The van der Waals surface area contributed by atoms with E-state index in [2.05, 4.69) is 0 Å². The van der Waals surface area contributed by atoms with Crippen molar-refractivity contribution in [3.05, 3.63) is 70.1 Å². The van der Waals surface area contributed by atoms with Crippen LogP contribution in [0.5, 0.6) is 0 Å². The van der Waals surface area contributed by atoms with Gasteiger partial charge in [0.1, 0.15) is 4.88 Å². The number of hydrogen-bond donors (Lipinski definition) is 0. The first-order valence-corrected chi connectivity index (χ1v) is 8.87. The van der Waals surface area contributed by atoms with Crippen molar-refractivity contribution < 1.29 is 14.3 Å². The smallest absolute Gasteiger partial charge is 0.350 e. The van der Waals surface area contributed by atoms with E-state index in [4.69, 9.17) is 16.3 Å². The summed E-state index contributed by atoms with van der Waals surface area (Å²) in [5.41, 5.74) is 1.01. The molecular formula is C19H16ClNO3S. The van der Waals surface area contributed by atoms with Crippen LogP contribution in [-0.4, -0.2) is 30.4 Å². The summed E-state index contributed by atoms with van der Waals surface area (Å²) in [6.07, 6.45) is 0. The van der Waals surface area contributed by atoms with E-state index < -0.39 is 5.97 Å². The summed E-state index contributed by atoms with van der Waals surface area (Å²) in [5.74, 6) is -0.845. The van der Waals surface area contributed by atoms with Crippen LogP contribution in [0.25, 0.3) is 10.1 Å². The predicted octanol–water partition coefficient (Wildman–Crippen LogP) is 4.37. The Morgan fingerprint density at radius 2 is 1.76 bits per heavy atom. The van der Waals surface area contributed by atoms with Crippen LogP contribution in [0.1, 0.15) is 15.2 Å². The molecule has 1 heterocycles. The zero-order chi connectivity index (χ0) is 17.8. The largest absolute Gasteiger partial charge is 0.451 e. The van der Waals surface area contributed by atoms with Gasteiger partial charge in [0, 0.05) is 23.7 Å². The minimum atomic E-state index is -0.576. The lowest BCUT2D eigenvalue weighted by Gasteiger charge is -2.17. The van der Waals surface area contributed by atoms with Crippen LogP contribution < -0.4 is 0 Å². The Kier molecular flexibility index (Phi) is 5.36. The number of nitrogens with zero attached hydrogens (tertiary/aromatic N) is 1. The minimum absolute atomic E-state index is 0.269. The fourth-order valence-corrected chi connectivity index (χ4v) is 3.80. The van der Waals surface area contributed by atoms with Gasteiger partial charge in [-0.15, -0.1) is 11.3 Å². The van der Waals surface area contributed by atoms with E-state index in [1.165, 1.54) is 16.2 Å². The van der Waals surface area contributed by atoms with Gasteiger partial charge in [0.2, 0.25) is 0 Å². The number of carbonyl (C=O) groups is 2. The maximum atomic E-state index is 12.3. The number of hydrogen-bond acceptors (Lipinski definition) is 4. The van der Waals surface area contributed by atoms with Gasteiger partial charge in [0.05, 0.1) is 5.02 Å². The zero-order valence-corrected chi connectivity index (χ0v) is 15.1. The summed E-state index contributed by atoms with van der Waals surface area (Å²) >= 11 is 7.51. The number of thiophene rings is 1. The number of rotatable bonds is 5. The number of halogens is 1. The molecule has 0 saturated carbocycles. The molecule has 6 heteroatoms. The van der Waals surface area contributed by atoms with Gasteiger partial charge in [0.15, 0.2) is 6.61 Å². The van der Waals surface area contributed by atoms with E-state index in [9.17, 15) is 9.59 Å². The Morgan fingerprint density at radius 1 is 1.08 bits per heavy atom. The highest BCUT2D eigenvalue weighted by Crippen LogP contribution is 2.35. The van der Waals surface area contributed by atoms with Crippen LogP contribution in [-0.2, 0) is 16.1 Å². The summed E-state index contributed by atoms with van der Waals surface area (Å²) in [6.45, 7) is 0.146. The molecule has 0 aliphatic heterocycles. The zero-order valence-electron chi connectivity index (χ0n) is 13.6. The average molecular weight is 374 g/mol. The number of ether oxygens (including phenoxy) is 1. The van der Waals surface area contributed by atoms with E-state index in [0.29, 0.717) is 16.4 Å². The Balaban J connectivity index is 1.61. The van der Waals surface area contributed by atoms with Gasteiger partial charge in [-0.05, 0) is 11.6 Å². The van der Waals surface area contributed by atoms with Crippen molar-refractivity contribution in [2.45, 2.75) is 6.54 Å². The lowest BCUT2D eigenvalue weighted by Crippen LogP contribution is -2.30. The van der Waals surface area contributed by atoms with Crippen molar-refractivity contribution in [3.8, 4) is 0 Å². The first kappa shape index (κ1) is 17.5. The summed E-state index contributed by atoms with van der Waals surface area (Å²) in [4.78, 5) is 26.3. The number of likely N-dealkylation sites (N-methyl/N-ethyl adjacent to an activating group) is 1. The lowest BCUT2D eigenvalue weighted by atomic mass is 10.2. The van der Waals surface area contributed by atoms with Crippen LogP contribution in [0.2, 0.25) is 5.02 Å². The second kappa shape index (κ2) is 7.68. The van der Waals surface area contributed by atoms with E-state index in [0.717, 1.165) is 15.6 Å². The molecule has 0 N–H and O–H groups in total. The molecule has 128 valence electrons. The number of amides is 1. The molecule has 0 atom stereocenters. The van der Waals surface area contributed by atoms with Crippen molar-refractivity contribution in [1.82, 2.24) is 4.90 Å². The summed E-state index contributed by atoms with van der Waals surface area (Å²) in [5, 5.41) is 1.18. The molecule has 0 aliphatic carbocycles. The number of carbonyl (C=O) groups excluding carboxylic acids is 2. The Hall–Kier alpha value is -2.37. The molecule has 0 unspecified atom stereocenters. The van der Waals surface area contributed by atoms with Crippen molar-refractivity contribution in [1.29, 1.82) is 0 Å². The van der Waals surface area contributed by atoms with Crippen molar-refractivity contribution >= 4 is 44.9 Å². The Bertz CT molecular complexity index is 907. The quantitative estimate of drug-likeness (QED) is 0.624. The van der Waals surface area contributed by atoms with E-state index >= 15 is 0 Å². The van der Waals surface area contributed by atoms with Crippen LogP contribution in [0.15, 0.2) is 54.6 Å². The molecule has 1 aromatic heterocycles. The van der Waals surface area contributed by atoms with Gasteiger partial charge in [-0.3, -0.25) is 4.79 Å². The fourth-order valence-electron chi connectivity index (χ4n) is 2.39. The average Bonchev–Trinajstić information content (AvgIpc) is 2.97. The lowest BCUT2D eigenvalue weighted by molar-refractivity contribution is -0.133. The first-order chi connectivity index (χ1) is 12.1. The topological polar surface area (TPSA) is 46.6 Å². The number of esters is 1. The molecule has 2 aromatic carbocycles. The van der Waals surface area contributed by atoms with Crippen molar-refractivity contribution in [3.63, 3.8) is 0 Å². The molecule has 0 fully saturated rings. The molecule has 3 aromatic rings. The highest BCUT2D eigenvalue weighted by molar-refractivity contribution is 7.21. The minimum Gasteiger partial charge on any atom is -0.451 e. The van der Waals surface area contributed by atoms with Crippen LogP contribution in [0.3, 0.4) is 0 Å². The maximum absolute atomic E-state index is 12.3. The number of fused-ring (bicyclic) bond motifs is 1. The third-order valence-corrected chi connectivity index (χ3v) is 5.39. The Morgan fingerprint density at radius 3 is 2.48 bits per heavy atom. The molecule has 0 saturated heterocycles. The summed E-state index contributed by atoms with van der Waals surface area (Å²) < 4.78 is 6.06. The van der Waals surface area contributed by atoms with Crippen LogP contribution >= 0.6 is 22.9 Å². The van der Waals surface area contributed by atoms with Crippen LogP contribution in [0.4, 0.5) is 0 Å². The Labute approximate surface area is 154 Å². The molecule has 4 nitrogen and oxygen atoms in total. The van der Waals surface area contributed by atoms with Crippen molar-refractivity contribution in [2.24, 2.45) is 0 Å². The first-order valence-electron chi connectivity index (χ1n) is 7.68. The van der Waals surface area contributed by atoms with Crippen molar-refractivity contribution in [2.75, 3.05) is 13.7 Å². The predicted molar refractivity (Wildman–Crippen MR) is 100 cm³/mol. The van der Waals surface area contributed by atoms with Gasteiger partial charge in [0.25, 0.3) is 5.91 Å². The van der Waals surface area contributed by atoms with Gasteiger partial charge >= 0.3 is 5.97 Å². The SMILES string of the molecule is CN(Cc1ccccc1)C(=O)COC(=O)c1sc2ccccc2c1Cl. The van der Waals surface area contributed by atoms with Crippen LogP contribution in [0, 0.1) is 0 Å². The normalized spacial score (nSPS) is 10.6. The van der Waals surface area contributed by atoms with E-state index in [1.807, 2.05) is 54.6 Å². The molecular weight excluding hydrogens is 358 g/mol. The third-order valence-electron chi connectivity index (χ3n) is 3.74. The summed E-state index contributed by atoms with van der Waals surface area (Å²) in [7, 11) is 1.68. The second-order valence-corrected chi connectivity index (χ2v) is 6.98. The standard InChI is InChI=1S/C19H16ClNO3S/c1-21(11-13-7-3-2-4-8-13)16(22)12-24-19(23)18-17(20)14-9-5-6-10-15(14)25-18/h2-10H,11-12H2,1H3. The maximum Gasteiger partial charge on any atom is 0.350 e. The summed E-state index contributed by atoms with van der Waals surface area (Å²) in [6, 6.07) is 17.1. The molecule has 0 aliphatic rings. The van der Waals surface area contributed by atoms with Gasteiger partial charge in [-0.1, -0.05) is 60.1 Å². The molecule has 1 amide bonds. The monoisotopic (exact) mass is 373 g/mol. The molecule has 0 bridgehead atoms. The molecule has 3 rings (SSSR count). The highest BCUT2D eigenvalue weighted by Gasteiger charge is 2.20. The van der Waals surface area contributed by atoms with E-state index in [-0.39, 0.29) is 12.5 Å². The van der Waals surface area contributed by atoms with Gasteiger partial charge in [-0.25, -0.2) is 4.79 Å².